The standard InChI is InChI=1S/C16H20BrN3/c17-15-11-13(12-18)5-6-16(15)20-9-7-19(8-10-20)14-3-1-2-4-14/h5-6,11,14H,1-4,7-10H2. The van der Waals surface area contributed by atoms with Gasteiger partial charge in [0.2, 0.25) is 0 Å². The van der Waals surface area contributed by atoms with Crippen molar-refractivity contribution in [1.82, 2.24) is 4.90 Å². The van der Waals surface area contributed by atoms with Crippen LogP contribution in [0.1, 0.15) is 31.2 Å². The van der Waals surface area contributed by atoms with Crippen molar-refractivity contribution in [3.8, 4) is 6.07 Å². The molecule has 0 unspecified atom stereocenters. The van der Waals surface area contributed by atoms with Crippen molar-refractivity contribution in [3.63, 3.8) is 0 Å². The number of hydrogen-bond donors (Lipinski definition) is 0. The summed E-state index contributed by atoms with van der Waals surface area (Å²) in [5, 5.41) is 8.93. The first kappa shape index (κ1) is 13.9. The molecule has 1 saturated carbocycles. The number of nitriles is 1. The van der Waals surface area contributed by atoms with E-state index in [0.29, 0.717) is 5.56 Å². The molecule has 4 heteroatoms. The molecule has 1 aliphatic heterocycles. The van der Waals surface area contributed by atoms with Crippen molar-refractivity contribution in [3.05, 3.63) is 28.2 Å². The van der Waals surface area contributed by atoms with Crippen LogP contribution in [0.25, 0.3) is 0 Å². The van der Waals surface area contributed by atoms with Crippen molar-refractivity contribution in [2.24, 2.45) is 0 Å². The van der Waals surface area contributed by atoms with E-state index in [1.807, 2.05) is 12.1 Å². The third-order valence-electron chi connectivity index (χ3n) is 4.57. The predicted molar refractivity (Wildman–Crippen MR) is 84.9 cm³/mol. The summed E-state index contributed by atoms with van der Waals surface area (Å²) in [6.07, 6.45) is 5.60. The van der Waals surface area contributed by atoms with Gasteiger partial charge >= 0.3 is 0 Å². The summed E-state index contributed by atoms with van der Waals surface area (Å²) in [5.41, 5.74) is 1.93. The first-order valence-corrected chi connectivity index (χ1v) is 8.26. The molecule has 1 saturated heterocycles. The van der Waals surface area contributed by atoms with Gasteiger partial charge in [-0.2, -0.15) is 5.26 Å². The molecule has 0 aromatic heterocycles. The molecule has 0 N–H and O–H groups in total. The SMILES string of the molecule is N#Cc1ccc(N2CCN(C3CCCC3)CC2)c(Br)c1. The molecule has 1 heterocycles. The lowest BCUT2D eigenvalue weighted by molar-refractivity contribution is 0.187. The van der Waals surface area contributed by atoms with Crippen LogP contribution in [0, 0.1) is 11.3 Å². The summed E-state index contributed by atoms with van der Waals surface area (Å²) in [6.45, 7) is 4.50. The Morgan fingerprint density at radius 1 is 1.10 bits per heavy atom. The van der Waals surface area contributed by atoms with Crippen molar-refractivity contribution >= 4 is 21.6 Å². The van der Waals surface area contributed by atoms with E-state index >= 15 is 0 Å². The fourth-order valence-electron chi connectivity index (χ4n) is 3.43. The second kappa shape index (κ2) is 6.15. The second-order valence-electron chi connectivity index (χ2n) is 5.74. The number of halogens is 1. The van der Waals surface area contributed by atoms with E-state index in [1.165, 1.54) is 31.4 Å². The minimum absolute atomic E-state index is 0.713. The van der Waals surface area contributed by atoms with Crippen LogP contribution >= 0.6 is 15.9 Å². The number of piperazine rings is 1. The van der Waals surface area contributed by atoms with Crippen LogP contribution in [0.5, 0.6) is 0 Å². The van der Waals surface area contributed by atoms with Crippen LogP contribution < -0.4 is 4.90 Å². The summed E-state index contributed by atoms with van der Waals surface area (Å²) in [7, 11) is 0. The van der Waals surface area contributed by atoms with E-state index in [4.69, 9.17) is 5.26 Å². The lowest BCUT2D eigenvalue weighted by Crippen LogP contribution is -2.49. The zero-order valence-corrected chi connectivity index (χ0v) is 13.3. The van der Waals surface area contributed by atoms with Crippen molar-refractivity contribution in [2.75, 3.05) is 31.1 Å². The Bertz CT molecular complexity index is 509. The van der Waals surface area contributed by atoms with Gasteiger partial charge in [0.1, 0.15) is 0 Å². The molecular formula is C16H20BrN3. The lowest BCUT2D eigenvalue weighted by Gasteiger charge is -2.39. The summed E-state index contributed by atoms with van der Waals surface area (Å²) in [4.78, 5) is 5.09. The van der Waals surface area contributed by atoms with Gasteiger partial charge in [-0.1, -0.05) is 12.8 Å². The molecule has 1 aromatic carbocycles. The maximum atomic E-state index is 8.93. The van der Waals surface area contributed by atoms with Gasteiger partial charge in [0.15, 0.2) is 0 Å². The summed E-state index contributed by atoms with van der Waals surface area (Å²) in [6, 6.07) is 8.90. The molecule has 1 aliphatic carbocycles. The van der Waals surface area contributed by atoms with E-state index in [-0.39, 0.29) is 0 Å². The number of hydrogen-bond acceptors (Lipinski definition) is 3. The Kier molecular flexibility index (Phi) is 4.28. The number of anilines is 1. The van der Waals surface area contributed by atoms with Crippen LogP contribution in [0.4, 0.5) is 5.69 Å². The maximum absolute atomic E-state index is 8.93. The monoisotopic (exact) mass is 333 g/mol. The van der Waals surface area contributed by atoms with Crippen LogP contribution in [-0.4, -0.2) is 37.1 Å². The lowest BCUT2D eigenvalue weighted by atomic mass is 10.1. The predicted octanol–water partition coefficient (Wildman–Crippen LogP) is 3.39. The van der Waals surface area contributed by atoms with Crippen LogP contribution in [0.2, 0.25) is 0 Å². The molecule has 0 amide bonds. The largest absolute Gasteiger partial charge is 0.368 e. The summed E-state index contributed by atoms with van der Waals surface area (Å²) in [5.74, 6) is 0. The highest BCUT2D eigenvalue weighted by Gasteiger charge is 2.26. The van der Waals surface area contributed by atoms with Gasteiger partial charge in [-0.3, -0.25) is 4.90 Å². The Balaban J connectivity index is 1.64. The molecule has 0 bridgehead atoms. The minimum atomic E-state index is 0.713. The highest BCUT2D eigenvalue weighted by atomic mass is 79.9. The fourth-order valence-corrected chi connectivity index (χ4v) is 4.06. The zero-order valence-electron chi connectivity index (χ0n) is 11.7. The maximum Gasteiger partial charge on any atom is 0.0992 e. The Morgan fingerprint density at radius 3 is 2.40 bits per heavy atom. The highest BCUT2D eigenvalue weighted by molar-refractivity contribution is 9.10. The van der Waals surface area contributed by atoms with Crippen molar-refractivity contribution in [1.29, 1.82) is 5.26 Å². The summed E-state index contributed by atoms with van der Waals surface area (Å²) >= 11 is 3.60. The first-order chi connectivity index (χ1) is 9.78. The number of benzene rings is 1. The molecule has 1 aromatic rings. The Morgan fingerprint density at radius 2 is 1.80 bits per heavy atom. The minimum Gasteiger partial charge on any atom is -0.368 e. The van der Waals surface area contributed by atoms with E-state index in [0.717, 1.165) is 36.7 Å². The zero-order chi connectivity index (χ0) is 13.9. The normalized spacial score (nSPS) is 21.1. The molecule has 0 radical (unpaired) electrons. The fraction of sp³-hybridized carbons (Fsp3) is 0.562. The molecule has 2 fully saturated rings. The van der Waals surface area contributed by atoms with E-state index in [1.54, 1.807) is 0 Å². The van der Waals surface area contributed by atoms with Crippen molar-refractivity contribution in [2.45, 2.75) is 31.7 Å². The molecule has 3 rings (SSSR count). The van der Waals surface area contributed by atoms with Crippen LogP contribution in [0.15, 0.2) is 22.7 Å². The molecule has 3 nitrogen and oxygen atoms in total. The Labute approximate surface area is 129 Å². The van der Waals surface area contributed by atoms with Crippen LogP contribution in [-0.2, 0) is 0 Å². The summed E-state index contributed by atoms with van der Waals surface area (Å²) < 4.78 is 1.03. The van der Waals surface area contributed by atoms with Gasteiger partial charge in [-0.25, -0.2) is 0 Å². The van der Waals surface area contributed by atoms with Gasteiger partial charge in [0.25, 0.3) is 0 Å². The molecule has 20 heavy (non-hydrogen) atoms. The van der Waals surface area contributed by atoms with E-state index in [2.05, 4.69) is 37.9 Å². The smallest absolute Gasteiger partial charge is 0.0992 e. The number of rotatable bonds is 2. The van der Waals surface area contributed by atoms with Gasteiger partial charge in [-0.15, -0.1) is 0 Å². The third-order valence-corrected chi connectivity index (χ3v) is 5.21. The van der Waals surface area contributed by atoms with Gasteiger partial charge < -0.3 is 4.90 Å². The average Bonchev–Trinajstić information content (AvgIpc) is 3.01. The second-order valence-corrected chi connectivity index (χ2v) is 6.59. The molecule has 0 atom stereocenters. The van der Waals surface area contributed by atoms with Gasteiger partial charge in [-0.05, 0) is 47.0 Å². The van der Waals surface area contributed by atoms with Gasteiger partial charge in [0, 0.05) is 36.7 Å². The quantitative estimate of drug-likeness (QED) is 0.831. The van der Waals surface area contributed by atoms with Gasteiger partial charge in [0.05, 0.1) is 17.3 Å². The Hall–Kier alpha value is -1.05. The molecule has 0 spiro atoms. The van der Waals surface area contributed by atoms with Crippen molar-refractivity contribution < 1.29 is 0 Å². The molecule has 106 valence electrons. The van der Waals surface area contributed by atoms with Crippen LogP contribution in [0.3, 0.4) is 0 Å². The molecule has 2 aliphatic rings. The van der Waals surface area contributed by atoms with E-state index < -0.39 is 0 Å². The van der Waals surface area contributed by atoms with E-state index in [9.17, 15) is 0 Å². The highest BCUT2D eigenvalue weighted by Crippen LogP contribution is 2.30. The first-order valence-electron chi connectivity index (χ1n) is 7.46. The molecular weight excluding hydrogens is 314 g/mol. The topological polar surface area (TPSA) is 30.3 Å². The third kappa shape index (κ3) is 2.84. The average molecular weight is 334 g/mol. The number of nitrogens with zero attached hydrogens (tertiary/aromatic N) is 3.